The molecule has 2 rings (SSSR count). The van der Waals surface area contributed by atoms with Crippen molar-refractivity contribution in [3.05, 3.63) is 0 Å². The standard InChI is InChI=1S/C13H25NOS/c1-12(2)10-13(3,11(16)6-9-15-12)14-7-4-5-8-14/h11,16H,4-10H2,1-3H3. The van der Waals surface area contributed by atoms with E-state index in [9.17, 15) is 0 Å². The summed E-state index contributed by atoms with van der Waals surface area (Å²) in [5.74, 6) is 0. The molecule has 0 spiro atoms. The highest BCUT2D eigenvalue weighted by Crippen LogP contribution is 2.39. The Morgan fingerprint density at radius 2 is 1.81 bits per heavy atom. The molecule has 2 heterocycles. The summed E-state index contributed by atoms with van der Waals surface area (Å²) in [5.41, 5.74) is 0.203. The van der Waals surface area contributed by atoms with Crippen molar-refractivity contribution in [3.8, 4) is 0 Å². The van der Waals surface area contributed by atoms with E-state index in [0.717, 1.165) is 19.4 Å². The third-order valence-electron chi connectivity index (χ3n) is 4.21. The minimum absolute atomic E-state index is 0.00514. The average molecular weight is 243 g/mol. The molecule has 2 aliphatic rings. The normalized spacial score (nSPS) is 40.9. The van der Waals surface area contributed by atoms with Gasteiger partial charge in [-0.05, 0) is 59.5 Å². The highest BCUT2D eigenvalue weighted by Gasteiger charge is 2.45. The lowest BCUT2D eigenvalue weighted by Gasteiger charge is -2.44. The fourth-order valence-corrected chi connectivity index (χ4v) is 3.70. The van der Waals surface area contributed by atoms with E-state index in [1.165, 1.54) is 25.9 Å². The van der Waals surface area contributed by atoms with Crippen LogP contribution in [0.4, 0.5) is 0 Å². The van der Waals surface area contributed by atoms with Gasteiger partial charge in [0.15, 0.2) is 0 Å². The largest absolute Gasteiger partial charge is 0.375 e. The van der Waals surface area contributed by atoms with Gasteiger partial charge in [-0.15, -0.1) is 0 Å². The van der Waals surface area contributed by atoms with Gasteiger partial charge in [0, 0.05) is 17.4 Å². The van der Waals surface area contributed by atoms with Gasteiger partial charge in [0.1, 0.15) is 0 Å². The molecule has 0 aliphatic carbocycles. The van der Waals surface area contributed by atoms with Crippen molar-refractivity contribution in [1.82, 2.24) is 4.90 Å². The molecule has 0 radical (unpaired) electrons. The first-order valence-corrected chi connectivity index (χ1v) is 7.03. The van der Waals surface area contributed by atoms with E-state index in [1.807, 2.05) is 0 Å². The molecule has 0 aromatic heterocycles. The molecule has 0 aromatic carbocycles. The average Bonchev–Trinajstić information content (AvgIpc) is 2.65. The highest BCUT2D eigenvalue weighted by molar-refractivity contribution is 7.81. The van der Waals surface area contributed by atoms with Crippen LogP contribution in [0.5, 0.6) is 0 Å². The van der Waals surface area contributed by atoms with Gasteiger partial charge in [0.2, 0.25) is 0 Å². The maximum absolute atomic E-state index is 5.94. The molecule has 3 heteroatoms. The summed E-state index contributed by atoms with van der Waals surface area (Å²) < 4.78 is 5.94. The first kappa shape index (κ1) is 12.7. The molecule has 16 heavy (non-hydrogen) atoms. The van der Waals surface area contributed by atoms with Crippen molar-refractivity contribution >= 4 is 12.6 Å². The maximum Gasteiger partial charge on any atom is 0.0644 e. The van der Waals surface area contributed by atoms with E-state index in [2.05, 4.69) is 25.7 Å². The Balaban J connectivity index is 2.19. The zero-order chi connectivity index (χ0) is 11.8. The number of likely N-dealkylation sites (tertiary alicyclic amines) is 1. The molecular formula is C13H25NOS. The van der Waals surface area contributed by atoms with E-state index >= 15 is 0 Å². The van der Waals surface area contributed by atoms with E-state index in [4.69, 9.17) is 17.4 Å². The molecule has 0 N–H and O–H groups in total. The third-order valence-corrected chi connectivity index (χ3v) is 5.03. The number of hydrogen-bond donors (Lipinski definition) is 1. The Bertz CT molecular complexity index is 250. The monoisotopic (exact) mass is 243 g/mol. The zero-order valence-corrected chi connectivity index (χ0v) is 11.7. The topological polar surface area (TPSA) is 12.5 Å². The Morgan fingerprint density at radius 1 is 1.19 bits per heavy atom. The third kappa shape index (κ3) is 2.41. The minimum atomic E-state index is -0.00514. The zero-order valence-electron chi connectivity index (χ0n) is 10.8. The van der Waals surface area contributed by atoms with Crippen molar-refractivity contribution in [1.29, 1.82) is 0 Å². The number of thiol groups is 1. The van der Waals surface area contributed by atoms with Crippen LogP contribution in [0.1, 0.15) is 46.5 Å². The predicted octanol–water partition coefficient (Wildman–Crippen LogP) is 2.73. The lowest BCUT2D eigenvalue weighted by atomic mass is 9.83. The van der Waals surface area contributed by atoms with Crippen LogP contribution < -0.4 is 0 Å². The van der Waals surface area contributed by atoms with E-state index < -0.39 is 0 Å². The van der Waals surface area contributed by atoms with E-state index in [0.29, 0.717) is 5.25 Å². The smallest absolute Gasteiger partial charge is 0.0644 e. The second kappa shape index (κ2) is 4.51. The minimum Gasteiger partial charge on any atom is -0.375 e. The van der Waals surface area contributed by atoms with Gasteiger partial charge in [-0.1, -0.05) is 0 Å². The van der Waals surface area contributed by atoms with Crippen LogP contribution >= 0.6 is 12.6 Å². The van der Waals surface area contributed by atoms with Gasteiger partial charge in [-0.2, -0.15) is 12.6 Å². The van der Waals surface area contributed by atoms with Gasteiger partial charge in [0.05, 0.1) is 5.60 Å². The lowest BCUT2D eigenvalue weighted by Crippen LogP contribution is -2.53. The van der Waals surface area contributed by atoms with Crippen molar-refractivity contribution in [2.24, 2.45) is 0 Å². The van der Waals surface area contributed by atoms with Crippen LogP contribution in [0.25, 0.3) is 0 Å². The lowest BCUT2D eigenvalue weighted by molar-refractivity contribution is -0.0347. The van der Waals surface area contributed by atoms with Gasteiger partial charge in [-0.3, -0.25) is 4.90 Å². The fourth-order valence-electron chi connectivity index (χ4n) is 3.34. The number of nitrogens with zero attached hydrogens (tertiary/aromatic N) is 1. The molecule has 2 fully saturated rings. The van der Waals surface area contributed by atoms with Crippen LogP contribution in [0.3, 0.4) is 0 Å². The van der Waals surface area contributed by atoms with Gasteiger partial charge >= 0.3 is 0 Å². The molecule has 0 saturated carbocycles. The maximum atomic E-state index is 5.94. The Labute approximate surface area is 105 Å². The number of rotatable bonds is 1. The highest BCUT2D eigenvalue weighted by atomic mass is 32.1. The molecule has 2 atom stereocenters. The van der Waals surface area contributed by atoms with Crippen LogP contribution in [-0.4, -0.2) is 41.0 Å². The van der Waals surface area contributed by atoms with Crippen LogP contribution in [0, 0.1) is 0 Å². The molecule has 94 valence electrons. The van der Waals surface area contributed by atoms with E-state index in [1.54, 1.807) is 0 Å². The number of ether oxygens (including phenoxy) is 1. The Morgan fingerprint density at radius 3 is 2.44 bits per heavy atom. The second-order valence-electron chi connectivity index (χ2n) is 6.14. The summed E-state index contributed by atoms with van der Waals surface area (Å²) in [4.78, 5) is 2.64. The predicted molar refractivity (Wildman–Crippen MR) is 71.3 cm³/mol. The Kier molecular flexibility index (Phi) is 3.58. The summed E-state index contributed by atoms with van der Waals surface area (Å²) in [6.07, 6.45) is 4.85. The summed E-state index contributed by atoms with van der Waals surface area (Å²) in [5, 5.41) is 0.437. The molecule has 2 nitrogen and oxygen atoms in total. The molecule has 2 aliphatic heterocycles. The Hall–Kier alpha value is 0.270. The molecule has 2 unspecified atom stereocenters. The SMILES string of the molecule is CC1(C)CC(C)(N2CCCC2)C(S)CCO1. The van der Waals surface area contributed by atoms with E-state index in [-0.39, 0.29) is 11.1 Å². The molecular weight excluding hydrogens is 218 g/mol. The van der Waals surface area contributed by atoms with Gasteiger partial charge < -0.3 is 4.74 Å². The summed E-state index contributed by atoms with van der Waals surface area (Å²) in [6, 6.07) is 0. The summed E-state index contributed by atoms with van der Waals surface area (Å²) >= 11 is 4.84. The van der Waals surface area contributed by atoms with Gasteiger partial charge in [0.25, 0.3) is 0 Å². The first-order valence-electron chi connectivity index (χ1n) is 6.51. The summed E-state index contributed by atoms with van der Waals surface area (Å²) in [6.45, 7) is 10.1. The number of hydrogen-bond acceptors (Lipinski definition) is 3. The van der Waals surface area contributed by atoms with Gasteiger partial charge in [-0.25, -0.2) is 0 Å². The molecule has 0 bridgehead atoms. The molecule has 2 saturated heterocycles. The quantitative estimate of drug-likeness (QED) is 0.711. The van der Waals surface area contributed by atoms with Crippen molar-refractivity contribution < 1.29 is 4.74 Å². The van der Waals surface area contributed by atoms with Crippen molar-refractivity contribution in [3.63, 3.8) is 0 Å². The van der Waals surface area contributed by atoms with Crippen molar-refractivity contribution in [2.75, 3.05) is 19.7 Å². The van der Waals surface area contributed by atoms with Crippen molar-refractivity contribution in [2.45, 2.75) is 62.8 Å². The molecule has 0 amide bonds. The van der Waals surface area contributed by atoms with Crippen LogP contribution in [0.15, 0.2) is 0 Å². The van der Waals surface area contributed by atoms with Crippen LogP contribution in [-0.2, 0) is 4.74 Å². The second-order valence-corrected chi connectivity index (χ2v) is 6.76. The summed E-state index contributed by atoms with van der Waals surface area (Å²) in [7, 11) is 0. The molecule has 0 aromatic rings. The first-order chi connectivity index (χ1) is 7.44. The van der Waals surface area contributed by atoms with Crippen LogP contribution in [0.2, 0.25) is 0 Å². The fraction of sp³-hybridized carbons (Fsp3) is 1.00.